The minimum absolute atomic E-state index is 0.367. The predicted molar refractivity (Wildman–Crippen MR) is 68.6 cm³/mol. The molecule has 0 spiro atoms. The second-order valence-electron chi connectivity index (χ2n) is 5.58. The molecule has 0 amide bonds. The quantitative estimate of drug-likeness (QED) is 0.818. The Hall–Kier alpha value is -1.35. The van der Waals surface area contributed by atoms with Gasteiger partial charge in [-0.2, -0.15) is 0 Å². The molecular formula is C14H21NO2. The molecule has 1 unspecified atom stereocenters. The van der Waals surface area contributed by atoms with Crippen LogP contribution < -0.4 is 5.73 Å². The van der Waals surface area contributed by atoms with Crippen LogP contribution in [0.3, 0.4) is 0 Å². The van der Waals surface area contributed by atoms with Gasteiger partial charge in [0.2, 0.25) is 0 Å². The molecule has 2 N–H and O–H groups in total. The molecule has 0 saturated heterocycles. The van der Waals surface area contributed by atoms with Crippen molar-refractivity contribution in [1.29, 1.82) is 0 Å². The molecule has 94 valence electrons. The normalized spacial score (nSPS) is 15.1. The van der Waals surface area contributed by atoms with Crippen molar-refractivity contribution in [1.82, 2.24) is 0 Å². The Labute approximate surface area is 103 Å². The SMILES string of the molecule is CC(C)(C)OC(=O)C(C)(N)Cc1ccccc1. The Bertz CT molecular complexity index is 377. The molecular weight excluding hydrogens is 214 g/mol. The zero-order valence-electron chi connectivity index (χ0n) is 11.0. The number of carbonyl (C=O) groups is 1. The highest BCUT2D eigenvalue weighted by Gasteiger charge is 2.33. The van der Waals surface area contributed by atoms with E-state index in [0.29, 0.717) is 6.42 Å². The minimum atomic E-state index is -0.991. The maximum Gasteiger partial charge on any atom is 0.326 e. The van der Waals surface area contributed by atoms with Gasteiger partial charge in [-0.3, -0.25) is 4.79 Å². The molecule has 0 aliphatic rings. The Morgan fingerprint density at radius 3 is 2.18 bits per heavy atom. The largest absolute Gasteiger partial charge is 0.459 e. The molecule has 1 rings (SSSR count). The second-order valence-corrected chi connectivity index (χ2v) is 5.58. The first-order valence-electron chi connectivity index (χ1n) is 5.77. The molecule has 0 fully saturated rings. The van der Waals surface area contributed by atoms with E-state index in [1.807, 2.05) is 51.1 Å². The first kappa shape index (κ1) is 13.7. The van der Waals surface area contributed by atoms with Crippen molar-refractivity contribution in [3.63, 3.8) is 0 Å². The molecule has 3 heteroatoms. The average Bonchev–Trinajstić information content (AvgIpc) is 2.15. The van der Waals surface area contributed by atoms with Crippen LogP contribution in [0.25, 0.3) is 0 Å². The number of hydrogen-bond donors (Lipinski definition) is 1. The van der Waals surface area contributed by atoms with E-state index in [1.165, 1.54) is 0 Å². The van der Waals surface area contributed by atoms with Crippen molar-refractivity contribution in [2.24, 2.45) is 5.73 Å². The summed E-state index contributed by atoms with van der Waals surface area (Å²) in [6, 6.07) is 9.71. The number of esters is 1. The van der Waals surface area contributed by atoms with Crippen molar-refractivity contribution in [2.45, 2.75) is 45.3 Å². The summed E-state index contributed by atoms with van der Waals surface area (Å²) in [6.45, 7) is 7.21. The molecule has 0 aliphatic heterocycles. The third-order valence-corrected chi connectivity index (χ3v) is 2.28. The summed E-state index contributed by atoms with van der Waals surface area (Å²) in [6.07, 6.45) is 0.475. The van der Waals surface area contributed by atoms with Crippen LogP contribution in [0.5, 0.6) is 0 Å². The summed E-state index contributed by atoms with van der Waals surface area (Å²) in [5.41, 5.74) is 5.56. The Balaban J connectivity index is 2.72. The van der Waals surface area contributed by atoms with Crippen molar-refractivity contribution < 1.29 is 9.53 Å². The summed E-state index contributed by atoms with van der Waals surface area (Å²) in [5, 5.41) is 0. The second kappa shape index (κ2) is 4.88. The van der Waals surface area contributed by atoms with Gasteiger partial charge in [0.15, 0.2) is 0 Å². The fourth-order valence-electron chi connectivity index (χ4n) is 1.49. The highest BCUT2D eigenvalue weighted by atomic mass is 16.6. The first-order valence-corrected chi connectivity index (χ1v) is 5.77. The third kappa shape index (κ3) is 4.57. The zero-order valence-corrected chi connectivity index (χ0v) is 11.0. The van der Waals surface area contributed by atoms with Crippen LogP contribution in [-0.4, -0.2) is 17.1 Å². The van der Waals surface area contributed by atoms with E-state index in [1.54, 1.807) is 6.92 Å². The fourth-order valence-corrected chi connectivity index (χ4v) is 1.49. The number of benzene rings is 1. The number of carbonyl (C=O) groups excluding carboxylic acids is 1. The molecule has 1 atom stereocenters. The van der Waals surface area contributed by atoms with E-state index in [0.717, 1.165) is 5.56 Å². The van der Waals surface area contributed by atoms with Crippen LogP contribution in [0.15, 0.2) is 30.3 Å². The number of nitrogens with two attached hydrogens (primary N) is 1. The molecule has 0 radical (unpaired) electrons. The fraction of sp³-hybridized carbons (Fsp3) is 0.500. The van der Waals surface area contributed by atoms with Crippen LogP contribution in [-0.2, 0) is 16.0 Å². The van der Waals surface area contributed by atoms with Crippen LogP contribution in [0.4, 0.5) is 0 Å². The van der Waals surface area contributed by atoms with Crippen molar-refractivity contribution >= 4 is 5.97 Å². The van der Waals surface area contributed by atoms with E-state index < -0.39 is 11.1 Å². The molecule has 0 aliphatic carbocycles. The molecule has 17 heavy (non-hydrogen) atoms. The highest BCUT2D eigenvalue weighted by Crippen LogP contribution is 2.16. The lowest BCUT2D eigenvalue weighted by atomic mass is 9.94. The zero-order chi connectivity index (χ0) is 13.1. The van der Waals surface area contributed by atoms with Gasteiger partial charge in [-0.1, -0.05) is 30.3 Å². The van der Waals surface area contributed by atoms with Gasteiger partial charge < -0.3 is 10.5 Å². The van der Waals surface area contributed by atoms with Gasteiger partial charge in [-0.15, -0.1) is 0 Å². The van der Waals surface area contributed by atoms with E-state index in [4.69, 9.17) is 10.5 Å². The lowest BCUT2D eigenvalue weighted by Gasteiger charge is -2.28. The summed E-state index contributed by atoms with van der Waals surface area (Å²) < 4.78 is 5.31. The van der Waals surface area contributed by atoms with Gasteiger partial charge in [-0.25, -0.2) is 0 Å². The summed E-state index contributed by atoms with van der Waals surface area (Å²) in [7, 11) is 0. The maximum absolute atomic E-state index is 11.9. The molecule has 3 nitrogen and oxygen atoms in total. The van der Waals surface area contributed by atoms with Crippen molar-refractivity contribution in [3.8, 4) is 0 Å². The van der Waals surface area contributed by atoms with Gasteiger partial charge in [0.05, 0.1) is 0 Å². The van der Waals surface area contributed by atoms with E-state index >= 15 is 0 Å². The Morgan fingerprint density at radius 1 is 1.18 bits per heavy atom. The Kier molecular flexibility index (Phi) is 3.94. The summed E-state index contributed by atoms with van der Waals surface area (Å²) in [4.78, 5) is 11.9. The van der Waals surface area contributed by atoms with E-state index in [-0.39, 0.29) is 5.97 Å². The maximum atomic E-state index is 11.9. The lowest BCUT2D eigenvalue weighted by Crippen LogP contribution is -2.50. The number of hydrogen-bond acceptors (Lipinski definition) is 3. The van der Waals surface area contributed by atoms with Crippen LogP contribution in [0, 0.1) is 0 Å². The van der Waals surface area contributed by atoms with Crippen LogP contribution in [0.2, 0.25) is 0 Å². The van der Waals surface area contributed by atoms with Gasteiger partial charge >= 0.3 is 5.97 Å². The van der Waals surface area contributed by atoms with Gasteiger partial charge in [-0.05, 0) is 33.3 Å². The molecule has 1 aromatic rings. The van der Waals surface area contributed by atoms with Gasteiger partial charge in [0.25, 0.3) is 0 Å². The predicted octanol–water partition coefficient (Wildman–Crippen LogP) is 2.29. The van der Waals surface area contributed by atoms with Crippen LogP contribution in [0.1, 0.15) is 33.3 Å². The minimum Gasteiger partial charge on any atom is -0.459 e. The van der Waals surface area contributed by atoms with Gasteiger partial charge in [0, 0.05) is 6.42 Å². The Morgan fingerprint density at radius 2 is 1.71 bits per heavy atom. The molecule has 0 bridgehead atoms. The molecule has 1 aromatic carbocycles. The average molecular weight is 235 g/mol. The molecule has 0 aromatic heterocycles. The molecule has 0 saturated carbocycles. The smallest absolute Gasteiger partial charge is 0.326 e. The van der Waals surface area contributed by atoms with E-state index in [9.17, 15) is 4.79 Å². The standard InChI is InChI=1S/C14H21NO2/c1-13(2,3)17-12(16)14(4,15)10-11-8-6-5-7-9-11/h5-9H,10,15H2,1-4H3. The molecule has 0 heterocycles. The van der Waals surface area contributed by atoms with Crippen molar-refractivity contribution in [2.75, 3.05) is 0 Å². The monoisotopic (exact) mass is 235 g/mol. The summed E-state index contributed by atoms with van der Waals surface area (Å²) in [5.74, 6) is -0.367. The summed E-state index contributed by atoms with van der Waals surface area (Å²) >= 11 is 0. The van der Waals surface area contributed by atoms with Gasteiger partial charge in [0.1, 0.15) is 11.1 Å². The topological polar surface area (TPSA) is 52.3 Å². The van der Waals surface area contributed by atoms with E-state index in [2.05, 4.69) is 0 Å². The van der Waals surface area contributed by atoms with Crippen LogP contribution >= 0.6 is 0 Å². The first-order chi connectivity index (χ1) is 7.71. The lowest BCUT2D eigenvalue weighted by molar-refractivity contribution is -0.160. The highest BCUT2D eigenvalue weighted by molar-refractivity contribution is 5.80. The number of ether oxygens (including phenoxy) is 1. The number of rotatable bonds is 3. The third-order valence-electron chi connectivity index (χ3n) is 2.28. The van der Waals surface area contributed by atoms with Crippen molar-refractivity contribution in [3.05, 3.63) is 35.9 Å².